The maximum Gasteiger partial charge on any atom is 0.420 e. The van der Waals surface area contributed by atoms with E-state index in [1.165, 1.54) is 11.3 Å². The number of hydrogen-bond acceptors (Lipinski definition) is 20. The Bertz CT molecular complexity index is 4560. The maximum atomic E-state index is 13.9. The van der Waals surface area contributed by atoms with Gasteiger partial charge < -0.3 is 46.1 Å². The van der Waals surface area contributed by atoms with Crippen LogP contribution in [0.5, 0.6) is 0 Å². The van der Waals surface area contributed by atoms with Crippen LogP contribution < -0.4 is 31.9 Å². The minimum Gasteiger partial charge on any atom is -0.392 e. The number of rotatable bonds is 12. The SMILES string of the molecule is Cc1noc(C)c1-c1ccc2c(c1)CC=C2c1nc(N[C@@H]2CNC[C@H](O)C2)ncc1C(F)(F)F.Cc1noc(C)c1-c1ccc2c(c1)CC=C2c1nc(N[C@H]2CCC(C)(C)NC2)ncc1C(F)(F)F.FC(F)(F)c1cnc(N[C@H]2CCCNC2)nc1C1=NCc2cc(-c3nccs3)ccc21. The number of halogens is 9. The maximum absolute atomic E-state index is 13.9. The third kappa shape index (κ3) is 15.1. The van der Waals surface area contributed by atoms with Gasteiger partial charge in [-0.3, -0.25) is 4.99 Å². The highest BCUT2D eigenvalue weighted by molar-refractivity contribution is 7.13. The molecule has 29 heteroatoms. The van der Waals surface area contributed by atoms with Crippen molar-refractivity contribution in [2.24, 2.45) is 4.99 Å². The van der Waals surface area contributed by atoms with Crippen LogP contribution in [-0.4, -0.2) is 119 Å². The number of aliphatic hydroxyl groups excluding tert-OH is 1. The summed E-state index contributed by atoms with van der Waals surface area (Å²) in [4.78, 5) is 33.6. The number of nitrogens with zero attached hydrogens (tertiary/aromatic N) is 10. The number of aliphatic imine (C=N–C) groups is 1. The van der Waals surface area contributed by atoms with E-state index in [1.807, 2.05) is 87.7 Å². The molecule has 0 unspecified atom stereocenters. The third-order valence-electron chi connectivity index (χ3n) is 18.5. The number of aromatic nitrogens is 9. The van der Waals surface area contributed by atoms with Gasteiger partial charge in [0.25, 0.3) is 0 Å². The molecule has 3 fully saturated rings. The van der Waals surface area contributed by atoms with E-state index < -0.39 is 41.3 Å². The molecule has 0 saturated carbocycles. The van der Waals surface area contributed by atoms with Gasteiger partial charge in [-0.2, -0.15) is 39.5 Å². The molecule has 0 bridgehead atoms. The molecule has 6 aromatic heterocycles. The summed E-state index contributed by atoms with van der Waals surface area (Å²) >= 11 is 1.51. The molecule has 4 atom stereocenters. The van der Waals surface area contributed by atoms with Gasteiger partial charge in [-0.25, -0.2) is 34.9 Å². The van der Waals surface area contributed by atoms with E-state index in [1.54, 1.807) is 18.3 Å². The lowest BCUT2D eigenvalue weighted by Gasteiger charge is -2.36. The zero-order valence-electron chi connectivity index (χ0n) is 55.3. The van der Waals surface area contributed by atoms with Crippen molar-refractivity contribution in [3.05, 3.63) is 187 Å². The van der Waals surface area contributed by atoms with E-state index in [0.29, 0.717) is 79.2 Å². The van der Waals surface area contributed by atoms with Gasteiger partial charge in [-0.05, 0) is 138 Å². The first kappa shape index (κ1) is 69.2. The van der Waals surface area contributed by atoms with E-state index in [-0.39, 0.29) is 64.3 Å². The highest BCUT2D eigenvalue weighted by Crippen LogP contribution is 2.44. The van der Waals surface area contributed by atoms with Crippen LogP contribution >= 0.6 is 11.3 Å². The lowest BCUT2D eigenvalue weighted by Crippen LogP contribution is -2.50. The molecule has 522 valence electrons. The van der Waals surface area contributed by atoms with E-state index in [2.05, 4.69) is 95.9 Å². The first-order valence-electron chi connectivity index (χ1n) is 32.8. The quantitative estimate of drug-likeness (QED) is 0.0562. The average molecular weight is 1400 g/mol. The molecule has 10 heterocycles. The van der Waals surface area contributed by atoms with Crippen molar-refractivity contribution < 1.29 is 53.7 Å². The largest absolute Gasteiger partial charge is 0.420 e. The first-order chi connectivity index (χ1) is 47.7. The number of anilines is 3. The van der Waals surface area contributed by atoms with E-state index >= 15 is 0 Å². The van der Waals surface area contributed by atoms with Crippen molar-refractivity contribution in [1.29, 1.82) is 0 Å². The zero-order chi connectivity index (χ0) is 70.4. The van der Waals surface area contributed by atoms with Gasteiger partial charge >= 0.3 is 18.5 Å². The molecule has 2 aliphatic carbocycles. The van der Waals surface area contributed by atoms with Crippen LogP contribution in [0.4, 0.5) is 57.4 Å². The molecule has 4 aliphatic heterocycles. The number of allylic oxidation sites excluding steroid dienone is 2. The summed E-state index contributed by atoms with van der Waals surface area (Å²) in [5, 5.41) is 39.9. The zero-order valence-corrected chi connectivity index (χ0v) is 56.1. The molecule has 0 amide bonds. The summed E-state index contributed by atoms with van der Waals surface area (Å²) in [6.45, 7) is 15.4. The molecule has 19 nitrogen and oxygen atoms in total. The molecule has 6 aliphatic rings. The third-order valence-corrected chi connectivity index (χ3v) is 19.3. The molecule has 15 rings (SSSR count). The van der Waals surface area contributed by atoms with Crippen molar-refractivity contribution in [2.75, 3.05) is 48.7 Å². The summed E-state index contributed by atoms with van der Waals surface area (Å²) in [6.07, 6.45) is -1.18. The number of hydrogen-bond donors (Lipinski definition) is 7. The Morgan fingerprint density at radius 1 is 0.570 bits per heavy atom. The lowest BCUT2D eigenvalue weighted by atomic mass is 9.91. The number of fused-ring (bicyclic) bond motifs is 3. The molecule has 0 radical (unpaired) electrons. The Morgan fingerprint density at radius 2 is 1.07 bits per heavy atom. The fourth-order valence-electron chi connectivity index (χ4n) is 13.5. The van der Waals surface area contributed by atoms with Gasteiger partial charge in [0, 0.05) is 113 Å². The fourth-order valence-corrected chi connectivity index (χ4v) is 14.2. The van der Waals surface area contributed by atoms with Gasteiger partial charge in [-0.1, -0.05) is 71.0 Å². The highest BCUT2D eigenvalue weighted by Gasteiger charge is 2.41. The van der Waals surface area contributed by atoms with Crippen molar-refractivity contribution in [3.8, 4) is 32.8 Å². The second-order valence-electron chi connectivity index (χ2n) is 26.2. The molecular formula is C71H71F9N16O3S. The molecule has 7 N–H and O–H groups in total. The Kier molecular flexibility index (Phi) is 19.4. The van der Waals surface area contributed by atoms with Crippen LogP contribution in [0.15, 0.2) is 111 Å². The number of aryl methyl sites for hydroxylation is 4. The summed E-state index contributed by atoms with van der Waals surface area (Å²) in [6, 6.07) is 17.0. The number of nitrogens with one attached hydrogen (secondary N) is 6. The fraction of sp³-hybridized carbons (Fsp3) is 0.380. The summed E-state index contributed by atoms with van der Waals surface area (Å²) in [5.74, 6) is 1.90. The number of β-amino-alcohol motifs (C(OH)–C–C–N with tert-alkyl or cyclic N) is 1. The van der Waals surface area contributed by atoms with Crippen LogP contribution in [0.1, 0.15) is 136 Å². The van der Waals surface area contributed by atoms with Gasteiger partial charge in [0.2, 0.25) is 17.8 Å². The van der Waals surface area contributed by atoms with Crippen molar-refractivity contribution in [2.45, 2.75) is 141 Å². The van der Waals surface area contributed by atoms with Gasteiger partial charge in [-0.15, -0.1) is 11.3 Å². The minimum absolute atomic E-state index is 0.0468. The Balaban J connectivity index is 0.000000135. The minimum atomic E-state index is -4.60. The monoisotopic (exact) mass is 1400 g/mol. The molecule has 9 aromatic rings. The predicted molar refractivity (Wildman–Crippen MR) is 362 cm³/mol. The van der Waals surface area contributed by atoms with Crippen LogP contribution in [0.2, 0.25) is 0 Å². The average Bonchev–Trinajstić information content (AvgIpc) is 1.56. The molecule has 100 heavy (non-hydrogen) atoms. The van der Waals surface area contributed by atoms with Crippen LogP contribution in [0.25, 0.3) is 44.0 Å². The molecule has 3 saturated heterocycles. The predicted octanol–water partition coefficient (Wildman–Crippen LogP) is 13.7. The van der Waals surface area contributed by atoms with E-state index in [0.717, 1.165) is 124 Å². The topological polar surface area (TPSA) is 247 Å². The van der Waals surface area contributed by atoms with E-state index in [4.69, 9.17) is 9.05 Å². The van der Waals surface area contributed by atoms with Crippen molar-refractivity contribution in [1.82, 2.24) is 61.2 Å². The normalized spacial score (nSPS) is 19.4. The second-order valence-corrected chi connectivity index (χ2v) is 27.1. The molecular weight excluding hydrogens is 1330 g/mol. The number of alkyl halides is 9. The van der Waals surface area contributed by atoms with Crippen LogP contribution in [0.3, 0.4) is 0 Å². The lowest BCUT2D eigenvalue weighted by molar-refractivity contribution is -0.139. The summed E-state index contributed by atoms with van der Waals surface area (Å²) in [5.41, 5.74) is 9.12. The molecule has 0 spiro atoms. The number of piperidine rings is 3. The standard InChI is InChI=1S/C26H28F3N5O.C24H24F3N5O2.C21H19F3N6S/c1-14-22(15(2)35-34-14)17-6-7-19-16(11-17)5-8-20(19)23-21(26(27,28)29)13-30-24(33-23)32-18-9-10-25(3,4)31-12-18;1-12-21(13(2)34-32-12)15-4-5-18-14(7-15)3-6-19(18)22-20(24(25,26)27)11-29-23(31-22)30-16-8-17(33)10-28-9-16;22-21(23,24)16-11-28-20(29-14-2-1-5-25-10-14)30-18(16)17-15-4-3-12(8-13(15)9-27-17)19-26-6-7-31-19/h6-8,11,13,18,31H,5,9-10,12H2,1-4H3,(H,30,32,33);4-7,11,16-17,28,33H,3,8-10H2,1-2H3,(H,29,30,31);3-4,6-8,11,14,25H,1-2,5,9-10H2,(H,28,29,30)/t18-;16-,17+;14-/m000/s1. The van der Waals surface area contributed by atoms with Crippen LogP contribution in [0, 0.1) is 27.7 Å². The molecule has 3 aromatic carbocycles. The summed E-state index contributed by atoms with van der Waals surface area (Å²) in [7, 11) is 0. The number of benzene rings is 3. The summed E-state index contributed by atoms with van der Waals surface area (Å²) < 4.78 is 135. The van der Waals surface area contributed by atoms with Gasteiger partial charge in [0.1, 0.15) is 38.9 Å². The second kappa shape index (κ2) is 28.0. The van der Waals surface area contributed by atoms with Gasteiger partial charge in [0.15, 0.2) is 0 Å². The highest BCUT2D eigenvalue weighted by atomic mass is 32.1. The van der Waals surface area contributed by atoms with Crippen molar-refractivity contribution >= 4 is 46.0 Å². The van der Waals surface area contributed by atoms with Crippen molar-refractivity contribution in [3.63, 3.8) is 0 Å². The number of thiazole rings is 1. The Morgan fingerprint density at radius 3 is 1.55 bits per heavy atom. The van der Waals surface area contributed by atoms with Crippen LogP contribution in [-0.2, 0) is 37.9 Å². The first-order valence-corrected chi connectivity index (χ1v) is 33.7. The Hall–Kier alpha value is -9.29. The van der Waals surface area contributed by atoms with Gasteiger partial charge in [0.05, 0.1) is 41.1 Å². The Labute approximate surface area is 573 Å². The smallest absolute Gasteiger partial charge is 0.392 e. The number of aliphatic hydroxyl groups is 1. The van der Waals surface area contributed by atoms with E-state index in [9.17, 15) is 44.6 Å².